The van der Waals surface area contributed by atoms with Crippen molar-refractivity contribution in [3.8, 4) is 0 Å². The van der Waals surface area contributed by atoms with Crippen LogP contribution in [0.5, 0.6) is 0 Å². The fraction of sp³-hybridized carbons (Fsp3) is 0.409. The molecule has 3 rings (SSSR count). The molecule has 0 spiro atoms. The fourth-order valence-electron chi connectivity index (χ4n) is 3.29. The van der Waals surface area contributed by atoms with Crippen LogP contribution >= 0.6 is 23.4 Å². The number of hydrogen-bond donors (Lipinski definition) is 1. The van der Waals surface area contributed by atoms with Gasteiger partial charge in [0.2, 0.25) is 0 Å². The molecular formula is C22H27ClN2OS. The molecule has 3 nitrogen and oxygen atoms in total. The lowest BCUT2D eigenvalue weighted by Gasteiger charge is -2.26. The van der Waals surface area contributed by atoms with Gasteiger partial charge in [0, 0.05) is 35.2 Å². The van der Waals surface area contributed by atoms with Gasteiger partial charge in [-0.15, -0.1) is 0 Å². The molecule has 1 aliphatic heterocycles. The minimum atomic E-state index is 0.00266. The van der Waals surface area contributed by atoms with Crippen molar-refractivity contribution in [1.29, 1.82) is 0 Å². The van der Waals surface area contributed by atoms with Gasteiger partial charge in [-0.25, -0.2) is 0 Å². The van der Waals surface area contributed by atoms with Gasteiger partial charge in [-0.2, -0.15) is 11.8 Å². The molecule has 1 heterocycles. The SMILES string of the molecule is O=C(NCCSCc1cccc(Cl)c1)c1ccc(CN2CCCCC2)cc1. The van der Waals surface area contributed by atoms with Crippen molar-refractivity contribution in [3.05, 3.63) is 70.2 Å². The number of nitrogens with one attached hydrogen (secondary N) is 1. The van der Waals surface area contributed by atoms with E-state index in [1.54, 1.807) is 11.8 Å². The van der Waals surface area contributed by atoms with Crippen LogP contribution in [-0.4, -0.2) is 36.2 Å². The Bertz CT molecular complexity index is 729. The van der Waals surface area contributed by atoms with Crippen molar-refractivity contribution in [3.63, 3.8) is 0 Å². The van der Waals surface area contributed by atoms with Crippen LogP contribution < -0.4 is 5.32 Å². The Balaban J connectivity index is 1.36. The number of carbonyl (C=O) groups excluding carboxylic acids is 1. The predicted octanol–water partition coefficient (Wildman–Crippen LogP) is 4.99. The van der Waals surface area contributed by atoms with Crippen molar-refractivity contribution < 1.29 is 4.79 Å². The number of carbonyl (C=O) groups is 1. The largest absolute Gasteiger partial charge is 0.351 e. The highest BCUT2D eigenvalue weighted by Crippen LogP contribution is 2.16. The topological polar surface area (TPSA) is 32.3 Å². The molecule has 1 N–H and O–H groups in total. The quantitative estimate of drug-likeness (QED) is 0.631. The van der Waals surface area contributed by atoms with Crippen LogP contribution in [0.25, 0.3) is 0 Å². The maximum atomic E-state index is 12.3. The molecule has 1 amide bonds. The monoisotopic (exact) mass is 402 g/mol. The number of nitrogens with zero attached hydrogens (tertiary/aromatic N) is 1. The Morgan fingerprint density at radius 2 is 1.81 bits per heavy atom. The third-order valence-electron chi connectivity index (χ3n) is 4.76. The fourth-order valence-corrected chi connectivity index (χ4v) is 4.31. The van der Waals surface area contributed by atoms with Gasteiger partial charge in [0.15, 0.2) is 0 Å². The summed E-state index contributed by atoms with van der Waals surface area (Å²) < 4.78 is 0. The third-order valence-corrected chi connectivity index (χ3v) is 6.03. The van der Waals surface area contributed by atoms with E-state index in [1.807, 2.05) is 30.3 Å². The lowest BCUT2D eigenvalue weighted by atomic mass is 10.1. The molecular weight excluding hydrogens is 376 g/mol. The zero-order valence-electron chi connectivity index (χ0n) is 15.6. The Morgan fingerprint density at radius 3 is 2.56 bits per heavy atom. The molecule has 27 heavy (non-hydrogen) atoms. The van der Waals surface area contributed by atoms with Gasteiger partial charge < -0.3 is 5.32 Å². The maximum Gasteiger partial charge on any atom is 0.251 e. The average Bonchev–Trinajstić information content (AvgIpc) is 2.69. The van der Waals surface area contributed by atoms with Gasteiger partial charge in [-0.1, -0.05) is 42.3 Å². The second-order valence-electron chi connectivity index (χ2n) is 6.97. The van der Waals surface area contributed by atoms with Crippen molar-refractivity contribution in [1.82, 2.24) is 10.2 Å². The summed E-state index contributed by atoms with van der Waals surface area (Å²) in [6, 6.07) is 15.9. The predicted molar refractivity (Wildman–Crippen MR) is 116 cm³/mol. The summed E-state index contributed by atoms with van der Waals surface area (Å²) in [6.45, 7) is 4.03. The average molecular weight is 403 g/mol. The van der Waals surface area contributed by atoms with Crippen LogP contribution in [0.4, 0.5) is 0 Å². The summed E-state index contributed by atoms with van der Waals surface area (Å²) in [5.74, 6) is 1.79. The van der Waals surface area contributed by atoms with Gasteiger partial charge in [0.25, 0.3) is 5.91 Å². The zero-order valence-corrected chi connectivity index (χ0v) is 17.2. The number of thioether (sulfide) groups is 1. The number of rotatable bonds is 8. The molecule has 2 aromatic carbocycles. The van der Waals surface area contributed by atoms with E-state index >= 15 is 0 Å². The van der Waals surface area contributed by atoms with Gasteiger partial charge in [0.05, 0.1) is 0 Å². The lowest BCUT2D eigenvalue weighted by molar-refractivity contribution is 0.0956. The van der Waals surface area contributed by atoms with E-state index in [9.17, 15) is 4.79 Å². The molecule has 144 valence electrons. The number of hydrogen-bond acceptors (Lipinski definition) is 3. The molecule has 5 heteroatoms. The Hall–Kier alpha value is -1.49. The molecule has 0 unspecified atom stereocenters. The normalized spacial score (nSPS) is 14.9. The van der Waals surface area contributed by atoms with Crippen LogP contribution in [0.2, 0.25) is 5.02 Å². The molecule has 1 aliphatic rings. The number of amides is 1. The minimum Gasteiger partial charge on any atom is -0.351 e. The highest BCUT2D eigenvalue weighted by Gasteiger charge is 2.11. The van der Waals surface area contributed by atoms with E-state index in [2.05, 4.69) is 28.4 Å². The summed E-state index contributed by atoms with van der Waals surface area (Å²) in [5.41, 5.74) is 3.23. The molecule has 2 aromatic rings. The molecule has 0 aromatic heterocycles. The van der Waals surface area contributed by atoms with Crippen LogP contribution in [0.15, 0.2) is 48.5 Å². The van der Waals surface area contributed by atoms with Crippen LogP contribution in [0.3, 0.4) is 0 Å². The Kier molecular flexibility index (Phi) is 8.06. The van der Waals surface area contributed by atoms with Crippen molar-refractivity contribution in [2.75, 3.05) is 25.4 Å². The number of halogens is 1. The van der Waals surface area contributed by atoms with Crippen molar-refractivity contribution in [2.24, 2.45) is 0 Å². The van der Waals surface area contributed by atoms with E-state index in [0.29, 0.717) is 6.54 Å². The Morgan fingerprint density at radius 1 is 1.04 bits per heavy atom. The first kappa shape index (κ1) is 20.2. The molecule has 0 atom stereocenters. The molecule has 0 bridgehead atoms. The van der Waals surface area contributed by atoms with Crippen LogP contribution in [0, 0.1) is 0 Å². The van der Waals surface area contributed by atoms with E-state index in [1.165, 1.54) is 43.5 Å². The maximum absolute atomic E-state index is 12.3. The van der Waals surface area contributed by atoms with E-state index < -0.39 is 0 Å². The summed E-state index contributed by atoms with van der Waals surface area (Å²) in [6.07, 6.45) is 3.96. The van der Waals surface area contributed by atoms with Crippen molar-refractivity contribution in [2.45, 2.75) is 31.6 Å². The second kappa shape index (κ2) is 10.7. The number of benzene rings is 2. The van der Waals surface area contributed by atoms with Gasteiger partial charge in [-0.3, -0.25) is 9.69 Å². The smallest absolute Gasteiger partial charge is 0.251 e. The molecule has 0 aliphatic carbocycles. The standard InChI is InChI=1S/C22H27ClN2OS/c23-21-6-4-5-19(15-21)17-27-14-11-24-22(26)20-9-7-18(8-10-20)16-25-12-2-1-3-13-25/h4-10,15H,1-3,11-14,16-17H2,(H,24,26). The highest BCUT2D eigenvalue weighted by atomic mass is 35.5. The van der Waals surface area contributed by atoms with Crippen LogP contribution in [-0.2, 0) is 12.3 Å². The molecule has 0 saturated carbocycles. The van der Waals surface area contributed by atoms with E-state index in [0.717, 1.165) is 28.6 Å². The first-order chi connectivity index (χ1) is 13.2. The first-order valence-electron chi connectivity index (χ1n) is 9.62. The summed E-state index contributed by atoms with van der Waals surface area (Å²) in [4.78, 5) is 14.8. The van der Waals surface area contributed by atoms with E-state index in [4.69, 9.17) is 11.6 Å². The van der Waals surface area contributed by atoms with Gasteiger partial charge in [0.1, 0.15) is 0 Å². The van der Waals surface area contributed by atoms with Crippen LogP contribution in [0.1, 0.15) is 40.7 Å². The number of likely N-dealkylation sites (tertiary alicyclic amines) is 1. The van der Waals surface area contributed by atoms with Gasteiger partial charge >= 0.3 is 0 Å². The summed E-state index contributed by atoms with van der Waals surface area (Å²) >= 11 is 7.79. The molecule has 1 fully saturated rings. The first-order valence-corrected chi connectivity index (χ1v) is 11.2. The Labute approximate surface area is 171 Å². The number of piperidine rings is 1. The second-order valence-corrected chi connectivity index (χ2v) is 8.51. The zero-order chi connectivity index (χ0) is 18.9. The highest BCUT2D eigenvalue weighted by molar-refractivity contribution is 7.98. The van der Waals surface area contributed by atoms with Gasteiger partial charge in [-0.05, 0) is 61.3 Å². The molecule has 1 saturated heterocycles. The summed E-state index contributed by atoms with van der Waals surface area (Å²) in [5, 5.41) is 3.77. The third kappa shape index (κ3) is 6.87. The lowest BCUT2D eigenvalue weighted by Crippen LogP contribution is -2.29. The summed E-state index contributed by atoms with van der Waals surface area (Å²) in [7, 11) is 0. The minimum absolute atomic E-state index is 0.00266. The van der Waals surface area contributed by atoms with E-state index in [-0.39, 0.29) is 5.91 Å². The molecule has 0 radical (unpaired) electrons. The van der Waals surface area contributed by atoms with Crippen molar-refractivity contribution >= 4 is 29.3 Å².